The molecule has 0 aromatic carbocycles. The van der Waals surface area contributed by atoms with Crippen LogP contribution >= 0.6 is 11.8 Å². The quantitative estimate of drug-likeness (QED) is 0.644. The Bertz CT molecular complexity index is 320. The second-order valence-electron chi connectivity index (χ2n) is 3.17. The predicted octanol–water partition coefficient (Wildman–Crippen LogP) is 1.99. The van der Waals surface area contributed by atoms with Crippen molar-refractivity contribution in [1.29, 1.82) is 0 Å². The van der Waals surface area contributed by atoms with Crippen LogP contribution in [0.4, 0.5) is 0 Å². The Balaban J connectivity index is 2.41. The van der Waals surface area contributed by atoms with Crippen molar-refractivity contribution in [1.82, 2.24) is 4.90 Å². The summed E-state index contributed by atoms with van der Waals surface area (Å²) in [6, 6.07) is 0. The average Bonchev–Trinajstić information content (AvgIpc) is 2.15. The first kappa shape index (κ1) is 8.69. The number of hydrogen-bond donors (Lipinski definition) is 1. The van der Waals surface area contributed by atoms with E-state index in [9.17, 15) is 9.90 Å². The highest BCUT2D eigenvalue weighted by molar-refractivity contribution is 8.17. The Morgan fingerprint density at radius 2 is 2.38 bits per heavy atom. The molecule has 0 fully saturated rings. The highest BCUT2D eigenvalue weighted by atomic mass is 32.2. The van der Waals surface area contributed by atoms with Gasteiger partial charge < -0.3 is 10.0 Å². The van der Waals surface area contributed by atoms with Gasteiger partial charge in [0.1, 0.15) is 0 Å². The van der Waals surface area contributed by atoms with Gasteiger partial charge in [-0.1, -0.05) is 6.08 Å². The molecule has 0 saturated carbocycles. The molecule has 0 aliphatic carbocycles. The van der Waals surface area contributed by atoms with E-state index < -0.39 is 0 Å². The number of hydrogen-bond acceptors (Lipinski definition) is 4. The number of nitrogens with zero attached hydrogens (tertiary/aromatic N) is 1. The molecule has 4 heteroatoms. The summed E-state index contributed by atoms with van der Waals surface area (Å²) in [6.07, 6.45) is 4.04. The third-order valence-corrected chi connectivity index (χ3v) is 3.35. The summed E-state index contributed by atoms with van der Waals surface area (Å²) in [5.74, 6) is 0.134. The van der Waals surface area contributed by atoms with Crippen LogP contribution in [-0.2, 0) is 4.79 Å². The zero-order valence-corrected chi connectivity index (χ0v) is 8.23. The van der Waals surface area contributed by atoms with Crippen LogP contribution < -0.4 is 0 Å². The lowest BCUT2D eigenvalue weighted by Gasteiger charge is -2.32. The van der Waals surface area contributed by atoms with Gasteiger partial charge in [-0.05, 0) is 31.5 Å². The zero-order valence-electron chi connectivity index (χ0n) is 7.41. The van der Waals surface area contributed by atoms with Gasteiger partial charge in [-0.3, -0.25) is 4.79 Å². The van der Waals surface area contributed by atoms with Crippen LogP contribution in [0.1, 0.15) is 19.8 Å². The molecule has 0 saturated heterocycles. The van der Waals surface area contributed by atoms with Gasteiger partial charge in [0.25, 0.3) is 0 Å². The van der Waals surface area contributed by atoms with E-state index in [1.165, 1.54) is 11.8 Å². The normalized spacial score (nSPS) is 23.0. The standard InChI is InChI=1S/C9H11NO2S/c1-6-8(11)10-5-3-2-4-7(10)13-9(6)12/h4,11H,2-3,5H2,1H3. The minimum Gasteiger partial charge on any atom is -0.494 e. The van der Waals surface area contributed by atoms with E-state index in [0.717, 1.165) is 24.4 Å². The Labute approximate surface area is 81.1 Å². The number of rotatable bonds is 0. The number of aliphatic hydroxyl groups excluding tert-OH is 1. The number of allylic oxidation sites excluding steroid dienone is 1. The van der Waals surface area contributed by atoms with Crippen molar-refractivity contribution < 1.29 is 9.90 Å². The van der Waals surface area contributed by atoms with Crippen molar-refractivity contribution in [2.75, 3.05) is 6.54 Å². The molecule has 3 nitrogen and oxygen atoms in total. The van der Waals surface area contributed by atoms with Gasteiger partial charge in [0.05, 0.1) is 10.6 Å². The molecular weight excluding hydrogens is 186 g/mol. The van der Waals surface area contributed by atoms with Crippen molar-refractivity contribution in [3.8, 4) is 0 Å². The summed E-state index contributed by atoms with van der Waals surface area (Å²) >= 11 is 1.21. The molecule has 2 rings (SSSR count). The smallest absolute Gasteiger partial charge is 0.226 e. The topological polar surface area (TPSA) is 40.5 Å². The first-order valence-electron chi connectivity index (χ1n) is 4.30. The molecule has 1 N–H and O–H groups in total. The Hall–Kier alpha value is -0.900. The van der Waals surface area contributed by atoms with Crippen molar-refractivity contribution in [2.45, 2.75) is 19.8 Å². The minimum atomic E-state index is -0.0399. The summed E-state index contributed by atoms with van der Waals surface area (Å²) in [5, 5.41) is 10.5. The van der Waals surface area contributed by atoms with Crippen molar-refractivity contribution in [3.63, 3.8) is 0 Å². The number of thioether (sulfide) groups is 1. The van der Waals surface area contributed by atoms with Crippen LogP contribution in [0.2, 0.25) is 0 Å². The molecule has 0 atom stereocenters. The Morgan fingerprint density at radius 3 is 3.15 bits per heavy atom. The van der Waals surface area contributed by atoms with Crippen LogP contribution in [-0.4, -0.2) is 21.7 Å². The SMILES string of the molecule is CC1=C(O)N2CCCC=C2SC1=O. The molecule has 0 aromatic rings. The molecule has 2 aliphatic rings. The van der Waals surface area contributed by atoms with Crippen LogP contribution in [0.25, 0.3) is 0 Å². The van der Waals surface area contributed by atoms with E-state index in [2.05, 4.69) is 0 Å². The van der Waals surface area contributed by atoms with Gasteiger partial charge in [-0.15, -0.1) is 0 Å². The molecule has 0 aromatic heterocycles. The number of carbonyl (C=O) groups excluding carboxylic acids is 1. The minimum absolute atomic E-state index is 0.0399. The van der Waals surface area contributed by atoms with E-state index in [1.807, 2.05) is 11.0 Å². The van der Waals surface area contributed by atoms with Crippen LogP contribution in [0.15, 0.2) is 22.6 Å². The highest BCUT2D eigenvalue weighted by Gasteiger charge is 2.29. The first-order chi connectivity index (χ1) is 6.20. The lowest BCUT2D eigenvalue weighted by Crippen LogP contribution is -2.30. The van der Waals surface area contributed by atoms with E-state index in [-0.39, 0.29) is 11.0 Å². The molecule has 70 valence electrons. The molecule has 0 spiro atoms. The summed E-state index contributed by atoms with van der Waals surface area (Å²) in [5.41, 5.74) is 0.462. The Kier molecular flexibility index (Phi) is 2.07. The number of aliphatic hydroxyl groups is 1. The van der Waals surface area contributed by atoms with Crippen LogP contribution in [0.3, 0.4) is 0 Å². The average molecular weight is 197 g/mol. The largest absolute Gasteiger partial charge is 0.494 e. The molecule has 0 unspecified atom stereocenters. The summed E-state index contributed by atoms with van der Waals surface area (Å²) in [6.45, 7) is 2.48. The second kappa shape index (κ2) is 3.10. The fourth-order valence-electron chi connectivity index (χ4n) is 1.47. The maximum atomic E-state index is 11.3. The maximum absolute atomic E-state index is 11.3. The zero-order chi connectivity index (χ0) is 9.42. The first-order valence-corrected chi connectivity index (χ1v) is 5.11. The fourth-order valence-corrected chi connectivity index (χ4v) is 2.39. The fraction of sp³-hybridized carbons (Fsp3) is 0.444. The van der Waals surface area contributed by atoms with Gasteiger partial charge in [-0.2, -0.15) is 0 Å². The molecule has 13 heavy (non-hydrogen) atoms. The van der Waals surface area contributed by atoms with Gasteiger partial charge in [0.15, 0.2) is 5.88 Å². The van der Waals surface area contributed by atoms with Crippen molar-refractivity contribution >= 4 is 16.9 Å². The van der Waals surface area contributed by atoms with E-state index in [4.69, 9.17) is 0 Å². The van der Waals surface area contributed by atoms with Gasteiger partial charge >= 0.3 is 0 Å². The van der Waals surface area contributed by atoms with E-state index in [1.54, 1.807) is 6.92 Å². The maximum Gasteiger partial charge on any atom is 0.226 e. The van der Waals surface area contributed by atoms with Gasteiger partial charge in [0, 0.05) is 6.54 Å². The van der Waals surface area contributed by atoms with E-state index in [0.29, 0.717) is 5.57 Å². The van der Waals surface area contributed by atoms with Crippen molar-refractivity contribution in [2.24, 2.45) is 0 Å². The molecule has 0 radical (unpaired) electrons. The van der Waals surface area contributed by atoms with Gasteiger partial charge in [0.2, 0.25) is 5.12 Å². The third kappa shape index (κ3) is 1.35. The molecule has 2 aliphatic heterocycles. The van der Waals surface area contributed by atoms with Crippen molar-refractivity contribution in [3.05, 3.63) is 22.6 Å². The monoisotopic (exact) mass is 197 g/mol. The number of carbonyl (C=O) groups is 1. The molecular formula is C9H11NO2S. The summed E-state index contributed by atoms with van der Waals surface area (Å²) in [4.78, 5) is 13.1. The lowest BCUT2D eigenvalue weighted by molar-refractivity contribution is -0.108. The molecule has 0 amide bonds. The van der Waals surface area contributed by atoms with Gasteiger partial charge in [-0.25, -0.2) is 0 Å². The summed E-state index contributed by atoms with van der Waals surface area (Å²) < 4.78 is 0. The molecule has 0 bridgehead atoms. The van der Waals surface area contributed by atoms with Crippen LogP contribution in [0, 0.1) is 0 Å². The van der Waals surface area contributed by atoms with Crippen LogP contribution in [0.5, 0.6) is 0 Å². The summed E-state index contributed by atoms with van der Waals surface area (Å²) in [7, 11) is 0. The third-order valence-electron chi connectivity index (χ3n) is 2.27. The van der Waals surface area contributed by atoms with E-state index >= 15 is 0 Å². The Morgan fingerprint density at radius 1 is 1.62 bits per heavy atom. The highest BCUT2D eigenvalue weighted by Crippen LogP contribution is 2.36. The predicted molar refractivity (Wildman–Crippen MR) is 51.9 cm³/mol. The number of fused-ring (bicyclic) bond motifs is 1. The molecule has 2 heterocycles. The second-order valence-corrected chi connectivity index (χ2v) is 4.17. The lowest BCUT2D eigenvalue weighted by atomic mass is 10.2.